The van der Waals surface area contributed by atoms with Gasteiger partial charge in [-0.3, -0.25) is 0 Å². The van der Waals surface area contributed by atoms with Crippen molar-refractivity contribution in [2.24, 2.45) is 11.8 Å². The van der Waals surface area contributed by atoms with Crippen LogP contribution in [-0.4, -0.2) is 31.7 Å². The lowest BCUT2D eigenvalue weighted by molar-refractivity contribution is 0.700. The average Bonchev–Trinajstić information content (AvgIpc) is 1.95. The van der Waals surface area contributed by atoms with Gasteiger partial charge < -0.3 is 4.65 Å². The molecule has 0 unspecified atom stereocenters. The molecule has 0 aromatic heterocycles. The van der Waals surface area contributed by atoms with Crippen LogP contribution in [0.5, 0.6) is 0 Å². The van der Waals surface area contributed by atoms with Gasteiger partial charge in [0.1, 0.15) is 16.5 Å². The monoisotopic (exact) mass is 302 g/mol. The Labute approximate surface area is 125 Å². The van der Waals surface area contributed by atoms with Gasteiger partial charge in [0.15, 0.2) is 0 Å². The molecule has 1 radical (unpaired) electrons. The van der Waals surface area contributed by atoms with Gasteiger partial charge in [-0.05, 0) is 0 Å². The molecule has 0 aromatic rings. The maximum Gasteiger partial charge on any atom is 0.200 e. The summed E-state index contributed by atoms with van der Waals surface area (Å²) in [5, 5.41) is 2.97. The van der Waals surface area contributed by atoms with E-state index in [1.54, 1.807) is 0 Å². The minimum Gasteiger partial charge on any atom is -0.360 e. The van der Waals surface area contributed by atoms with Crippen molar-refractivity contribution in [2.45, 2.75) is 77.5 Å². The van der Waals surface area contributed by atoms with Crippen LogP contribution in [0.2, 0.25) is 49.8 Å². The highest BCUT2D eigenvalue weighted by Gasteiger charge is 2.22. The van der Waals surface area contributed by atoms with Gasteiger partial charge in [0.05, 0.1) is 0 Å². The van der Waals surface area contributed by atoms with Gasteiger partial charge in [0.25, 0.3) is 0 Å². The first-order chi connectivity index (χ1) is 7.83. The van der Waals surface area contributed by atoms with Gasteiger partial charge in [-0.15, -0.1) is 10.6 Å². The topological polar surface area (TPSA) is 12.0 Å². The maximum atomic E-state index is 3.74. The molecule has 0 saturated heterocycles. The van der Waals surface area contributed by atoms with Gasteiger partial charge >= 0.3 is 0 Å². The standard InChI is InChI=1S/C6H19NSi2.2C4H9.Al/c1-8(2,3)7-9(4,5)6;2*1-4(2)3;/h7H,1-6H3;2*4H,1H2,2-3H3;. The fourth-order valence-corrected chi connectivity index (χ4v) is 12.4. The molecule has 0 spiro atoms. The Bertz CT molecular complexity index is 173. The van der Waals surface area contributed by atoms with Crippen LogP contribution in [0.3, 0.4) is 0 Å². The Morgan fingerprint density at radius 1 is 0.722 bits per heavy atom. The first kappa shape index (κ1) is 21.2. The van der Waals surface area contributed by atoms with E-state index in [2.05, 4.69) is 71.6 Å². The molecule has 0 aromatic carbocycles. The first-order valence-corrected chi connectivity index (χ1v) is 16.1. The zero-order valence-corrected chi connectivity index (χ0v) is 17.8. The Morgan fingerprint density at radius 2 is 1.00 bits per heavy atom. The average molecular weight is 303 g/mol. The fraction of sp³-hybridized carbons (Fsp3) is 1.00. The van der Waals surface area contributed by atoms with Gasteiger partial charge in [-0.1, -0.05) is 78.8 Å². The van der Waals surface area contributed by atoms with Crippen LogP contribution in [0.1, 0.15) is 27.7 Å². The lowest BCUT2D eigenvalue weighted by Gasteiger charge is -2.28. The van der Waals surface area contributed by atoms with Crippen LogP contribution >= 0.6 is 0 Å². The van der Waals surface area contributed by atoms with E-state index in [9.17, 15) is 0 Å². The maximum absolute atomic E-state index is 3.74. The molecular formula is C14H37AlNSi2. The van der Waals surface area contributed by atoms with Crippen molar-refractivity contribution < 1.29 is 0 Å². The van der Waals surface area contributed by atoms with Crippen molar-refractivity contribution in [3.8, 4) is 0 Å². The third-order valence-electron chi connectivity index (χ3n) is 2.03. The van der Waals surface area contributed by atoms with Crippen molar-refractivity contribution >= 4 is 31.7 Å². The van der Waals surface area contributed by atoms with Gasteiger partial charge in [-0.2, -0.15) is 0 Å². The molecule has 0 aliphatic rings. The summed E-state index contributed by atoms with van der Waals surface area (Å²) in [5.41, 5.74) is 0. The zero-order valence-electron chi connectivity index (χ0n) is 14.6. The highest BCUT2D eigenvalue weighted by atomic mass is 28.4. The highest BCUT2D eigenvalue weighted by molar-refractivity contribution is 6.90. The normalized spacial score (nSPS) is 12.4. The largest absolute Gasteiger partial charge is 0.360 e. The molecule has 0 aliphatic heterocycles. The minimum atomic E-state index is -0.981. The lowest BCUT2D eigenvalue weighted by Crippen LogP contribution is -2.55. The molecule has 1 nitrogen and oxygen atoms in total. The van der Waals surface area contributed by atoms with Crippen LogP contribution < -0.4 is 4.65 Å². The molecule has 0 aliphatic carbocycles. The Balaban J connectivity index is 0. The van der Waals surface area contributed by atoms with E-state index in [-0.39, 0.29) is 0 Å². The van der Waals surface area contributed by atoms with Crippen molar-refractivity contribution in [1.82, 2.24) is 4.65 Å². The van der Waals surface area contributed by atoms with Gasteiger partial charge in [-0.25, -0.2) is 0 Å². The first-order valence-electron chi connectivity index (χ1n) is 7.44. The van der Waals surface area contributed by atoms with E-state index in [1.807, 2.05) is 0 Å². The molecule has 0 heterocycles. The van der Waals surface area contributed by atoms with Crippen LogP contribution in [0, 0.1) is 11.8 Å². The fourth-order valence-electron chi connectivity index (χ4n) is 1.89. The highest BCUT2D eigenvalue weighted by Crippen LogP contribution is 2.05. The predicted octanol–water partition coefficient (Wildman–Crippen LogP) is 5.09. The lowest BCUT2D eigenvalue weighted by atomic mass is 10.3. The smallest absolute Gasteiger partial charge is 0.200 e. The van der Waals surface area contributed by atoms with E-state index in [0.29, 0.717) is 0 Å². The molecule has 4 heteroatoms. The quantitative estimate of drug-likeness (QED) is 0.674. The van der Waals surface area contributed by atoms with Gasteiger partial charge in [0.2, 0.25) is 15.2 Å². The summed E-state index contributed by atoms with van der Waals surface area (Å²) in [7, 11) is -1.96. The molecule has 109 valence electrons. The summed E-state index contributed by atoms with van der Waals surface area (Å²) < 4.78 is 3.74. The molecule has 0 saturated carbocycles. The van der Waals surface area contributed by atoms with E-state index < -0.39 is 16.5 Å². The number of rotatable bonds is 6. The summed E-state index contributed by atoms with van der Waals surface area (Å²) in [4.78, 5) is 0. The Kier molecular flexibility index (Phi) is 11.5. The summed E-state index contributed by atoms with van der Waals surface area (Å²) in [6.45, 7) is 23.4. The third-order valence-corrected chi connectivity index (χ3v) is 10.6. The van der Waals surface area contributed by atoms with Crippen molar-refractivity contribution in [3.05, 3.63) is 0 Å². The minimum absolute atomic E-state index is 0.755. The molecule has 0 fully saturated rings. The Hall–Kier alpha value is 0.926. The van der Waals surface area contributed by atoms with Crippen LogP contribution in [0.15, 0.2) is 0 Å². The number of hydrogen-bond acceptors (Lipinski definition) is 1. The van der Waals surface area contributed by atoms with Crippen LogP contribution in [-0.2, 0) is 0 Å². The van der Waals surface area contributed by atoms with Crippen LogP contribution in [0.4, 0.5) is 0 Å². The summed E-state index contributed by atoms with van der Waals surface area (Å²) in [6, 6.07) is 0. The number of hydrogen-bond donors (Lipinski definition) is 1. The Morgan fingerprint density at radius 3 is 1.11 bits per heavy atom. The van der Waals surface area contributed by atoms with Crippen molar-refractivity contribution in [3.63, 3.8) is 0 Å². The van der Waals surface area contributed by atoms with Crippen LogP contribution in [0.25, 0.3) is 0 Å². The third kappa shape index (κ3) is 25.7. The summed E-state index contributed by atoms with van der Waals surface area (Å²) >= 11 is 0.755. The van der Waals surface area contributed by atoms with E-state index in [4.69, 9.17) is 0 Å². The van der Waals surface area contributed by atoms with E-state index >= 15 is 0 Å². The van der Waals surface area contributed by atoms with Gasteiger partial charge in [0, 0.05) is 0 Å². The summed E-state index contributed by atoms with van der Waals surface area (Å²) in [6.07, 6.45) is 0. The van der Waals surface area contributed by atoms with Crippen molar-refractivity contribution in [1.29, 1.82) is 0 Å². The molecule has 18 heavy (non-hydrogen) atoms. The molecule has 0 bridgehead atoms. The number of nitrogens with one attached hydrogen (secondary N) is 1. The zero-order chi connectivity index (χ0) is 15.0. The molecule has 1 N–H and O–H groups in total. The SMILES string of the molecule is CC(C)[CH2][Al][CH2]C(C)C.C[Si](C)(C)N[Si](C)(C)C. The molecular weight excluding hydrogens is 265 g/mol. The molecule has 0 atom stereocenters. The molecule has 0 amide bonds. The van der Waals surface area contributed by atoms with Crippen molar-refractivity contribution in [2.75, 3.05) is 0 Å². The second-order valence-corrected chi connectivity index (χ2v) is 19.7. The van der Waals surface area contributed by atoms with E-state index in [0.717, 1.165) is 27.1 Å². The second kappa shape index (κ2) is 9.77. The van der Waals surface area contributed by atoms with E-state index in [1.165, 1.54) is 10.6 Å². The molecule has 0 rings (SSSR count). The second-order valence-electron chi connectivity index (χ2n) is 8.17. The predicted molar refractivity (Wildman–Crippen MR) is 94.9 cm³/mol. The summed E-state index contributed by atoms with van der Waals surface area (Å²) in [5.74, 6) is 1.86.